The molecule has 0 radical (unpaired) electrons. The van der Waals surface area contributed by atoms with Gasteiger partial charge in [-0.15, -0.1) is 0 Å². The number of nitrogens with one attached hydrogen (secondary N) is 1. The summed E-state index contributed by atoms with van der Waals surface area (Å²) in [6.07, 6.45) is 0. The quantitative estimate of drug-likeness (QED) is 0.680. The van der Waals surface area contributed by atoms with Crippen molar-refractivity contribution in [3.05, 3.63) is 38.8 Å². The van der Waals surface area contributed by atoms with Crippen molar-refractivity contribution in [2.45, 2.75) is 18.5 Å². The molecule has 9 heteroatoms. The molecule has 0 spiro atoms. The fourth-order valence-corrected chi connectivity index (χ4v) is 2.20. The summed E-state index contributed by atoms with van der Waals surface area (Å²) in [4.78, 5) is 23.0. The van der Waals surface area contributed by atoms with Crippen LogP contribution < -0.4 is 15.8 Å². The Labute approximate surface area is 150 Å². The summed E-state index contributed by atoms with van der Waals surface area (Å²) in [7, 11) is 0. The number of nitrogens with two attached hydrogens (primary N) is 1. The van der Waals surface area contributed by atoms with Gasteiger partial charge in [-0.25, -0.2) is 0 Å². The van der Waals surface area contributed by atoms with Crippen LogP contribution in [0.3, 0.4) is 0 Å². The predicted octanol–water partition coefficient (Wildman–Crippen LogP) is 3.32. The number of hydrogen-bond donors (Lipinski definition) is 2. The lowest BCUT2D eigenvalue weighted by Crippen LogP contribution is -2.42. The average Bonchev–Trinajstić information content (AvgIpc) is 2.45. The minimum Gasteiger partial charge on any atom is -0.469 e. The third-order valence-corrected chi connectivity index (χ3v) is 4.02. The molecule has 1 rings (SSSR count). The lowest BCUT2D eigenvalue weighted by molar-refractivity contribution is -0.119. The molecule has 22 heavy (non-hydrogen) atoms. The second kappa shape index (κ2) is 8.62. The van der Waals surface area contributed by atoms with Crippen molar-refractivity contribution in [1.29, 1.82) is 0 Å². The highest BCUT2D eigenvalue weighted by Crippen LogP contribution is 2.26. The SMILES string of the molecule is C[C@H](NC(=O)c1cc(Br)cc(OC(Cl)C(Cl)=CCl)c1)C(N)=O. The zero-order chi connectivity index (χ0) is 16.9. The summed E-state index contributed by atoms with van der Waals surface area (Å²) in [5.74, 6) is -0.829. The average molecular weight is 431 g/mol. The van der Waals surface area contributed by atoms with E-state index >= 15 is 0 Å². The molecule has 2 amide bonds. The maximum absolute atomic E-state index is 12.1. The topological polar surface area (TPSA) is 81.4 Å². The molecule has 120 valence electrons. The van der Waals surface area contributed by atoms with Crippen molar-refractivity contribution >= 4 is 62.5 Å². The van der Waals surface area contributed by atoms with E-state index < -0.39 is 23.4 Å². The molecular formula is C13H12BrCl3N2O3. The second-order valence-electron chi connectivity index (χ2n) is 4.20. The Kier molecular flexibility index (Phi) is 7.48. The van der Waals surface area contributed by atoms with Crippen LogP contribution in [0.5, 0.6) is 5.75 Å². The van der Waals surface area contributed by atoms with E-state index in [0.29, 0.717) is 10.2 Å². The number of halogens is 4. The molecule has 2 atom stereocenters. The molecule has 0 saturated heterocycles. The van der Waals surface area contributed by atoms with E-state index in [0.717, 1.165) is 5.54 Å². The first-order chi connectivity index (χ1) is 10.2. The van der Waals surface area contributed by atoms with E-state index in [2.05, 4.69) is 21.2 Å². The highest BCUT2D eigenvalue weighted by molar-refractivity contribution is 9.10. The van der Waals surface area contributed by atoms with Gasteiger partial charge in [-0.05, 0) is 25.1 Å². The van der Waals surface area contributed by atoms with E-state index in [1.807, 2.05) is 0 Å². The van der Waals surface area contributed by atoms with Gasteiger partial charge in [0.1, 0.15) is 11.8 Å². The zero-order valence-corrected chi connectivity index (χ0v) is 15.1. The van der Waals surface area contributed by atoms with E-state index in [-0.39, 0.29) is 10.6 Å². The van der Waals surface area contributed by atoms with Crippen LogP contribution in [0.4, 0.5) is 0 Å². The second-order valence-corrected chi connectivity index (χ2v) is 6.17. The highest BCUT2D eigenvalue weighted by Gasteiger charge is 2.16. The van der Waals surface area contributed by atoms with Crippen LogP contribution >= 0.6 is 50.7 Å². The number of carbonyl (C=O) groups excluding carboxylic acids is 2. The van der Waals surface area contributed by atoms with Crippen molar-refractivity contribution in [1.82, 2.24) is 5.32 Å². The van der Waals surface area contributed by atoms with Crippen LogP contribution in [0.25, 0.3) is 0 Å². The normalized spacial score (nSPS) is 14.1. The first kappa shape index (κ1) is 19.1. The highest BCUT2D eigenvalue weighted by atomic mass is 79.9. The Balaban J connectivity index is 2.94. The molecule has 0 saturated carbocycles. The number of primary amides is 1. The van der Waals surface area contributed by atoms with Crippen molar-refractivity contribution in [3.8, 4) is 5.75 Å². The Morgan fingerprint density at radius 2 is 2.05 bits per heavy atom. The third-order valence-electron chi connectivity index (χ3n) is 2.47. The van der Waals surface area contributed by atoms with Crippen LogP contribution in [-0.2, 0) is 4.79 Å². The van der Waals surface area contributed by atoms with Crippen molar-refractivity contribution in [3.63, 3.8) is 0 Å². The van der Waals surface area contributed by atoms with Gasteiger partial charge >= 0.3 is 0 Å². The Bertz CT molecular complexity index is 610. The Morgan fingerprint density at radius 1 is 1.41 bits per heavy atom. The van der Waals surface area contributed by atoms with E-state index in [9.17, 15) is 9.59 Å². The van der Waals surface area contributed by atoms with Crippen molar-refractivity contribution in [2.24, 2.45) is 5.73 Å². The molecule has 5 nitrogen and oxygen atoms in total. The van der Waals surface area contributed by atoms with Gasteiger partial charge in [0.05, 0.1) is 5.03 Å². The summed E-state index contributed by atoms with van der Waals surface area (Å²) < 4.78 is 5.95. The number of ether oxygens (including phenoxy) is 1. The first-order valence-electron chi connectivity index (χ1n) is 5.92. The van der Waals surface area contributed by atoms with Gasteiger partial charge in [0.25, 0.3) is 5.91 Å². The molecule has 0 aliphatic heterocycles. The summed E-state index contributed by atoms with van der Waals surface area (Å²) in [5, 5.41) is 2.55. The van der Waals surface area contributed by atoms with Crippen LogP contribution in [0, 0.1) is 0 Å². The smallest absolute Gasteiger partial charge is 0.252 e. The number of carbonyl (C=O) groups is 2. The number of benzene rings is 1. The van der Waals surface area contributed by atoms with E-state index in [4.69, 9.17) is 45.3 Å². The van der Waals surface area contributed by atoms with Gasteiger partial charge < -0.3 is 15.8 Å². The van der Waals surface area contributed by atoms with Crippen molar-refractivity contribution < 1.29 is 14.3 Å². The Hall–Kier alpha value is -0.950. The van der Waals surface area contributed by atoms with Crippen LogP contribution in [0.2, 0.25) is 0 Å². The molecule has 1 aromatic rings. The van der Waals surface area contributed by atoms with Gasteiger partial charge in [-0.2, -0.15) is 0 Å². The molecule has 1 aromatic carbocycles. The fourth-order valence-electron chi connectivity index (χ4n) is 1.34. The van der Waals surface area contributed by atoms with Crippen molar-refractivity contribution in [2.75, 3.05) is 0 Å². The summed E-state index contributed by atoms with van der Waals surface area (Å²) in [6, 6.07) is 3.80. The molecule has 0 bridgehead atoms. The van der Waals surface area contributed by atoms with E-state index in [1.165, 1.54) is 13.0 Å². The molecule has 0 aliphatic carbocycles. The number of alkyl halides is 1. The van der Waals surface area contributed by atoms with E-state index in [1.54, 1.807) is 12.1 Å². The number of amides is 2. The number of hydrogen-bond acceptors (Lipinski definition) is 3. The zero-order valence-electron chi connectivity index (χ0n) is 11.3. The molecule has 0 heterocycles. The monoisotopic (exact) mass is 428 g/mol. The minimum atomic E-state index is -0.992. The number of rotatable bonds is 6. The summed E-state index contributed by atoms with van der Waals surface area (Å²) in [5.41, 5.74) is 5.45. The largest absolute Gasteiger partial charge is 0.469 e. The van der Waals surface area contributed by atoms with Gasteiger partial charge in [0.2, 0.25) is 11.5 Å². The van der Waals surface area contributed by atoms with Gasteiger partial charge in [0.15, 0.2) is 0 Å². The molecule has 1 unspecified atom stereocenters. The van der Waals surface area contributed by atoms with Gasteiger partial charge in [-0.3, -0.25) is 9.59 Å². The van der Waals surface area contributed by atoms with Crippen LogP contribution in [-0.4, -0.2) is 23.4 Å². The van der Waals surface area contributed by atoms with Crippen LogP contribution in [0.1, 0.15) is 17.3 Å². The lowest BCUT2D eigenvalue weighted by atomic mass is 10.2. The minimum absolute atomic E-state index is 0.0941. The maximum atomic E-state index is 12.1. The standard InChI is InChI=1S/C13H12BrCl3N2O3/c1-6(12(18)20)19-13(21)7-2-8(14)4-9(3-7)22-11(17)10(16)5-15/h2-6,11H,1H3,(H2,18,20)(H,19,21)/t6-,11?/m0/s1. The predicted molar refractivity (Wildman–Crippen MR) is 90.3 cm³/mol. The third kappa shape index (κ3) is 5.68. The van der Waals surface area contributed by atoms with Crippen LogP contribution in [0.15, 0.2) is 33.2 Å². The maximum Gasteiger partial charge on any atom is 0.252 e. The van der Waals surface area contributed by atoms with Gasteiger partial charge in [-0.1, -0.05) is 50.7 Å². The Morgan fingerprint density at radius 3 is 2.59 bits per heavy atom. The summed E-state index contributed by atoms with van der Waals surface area (Å²) >= 11 is 20.3. The first-order valence-corrected chi connectivity index (χ1v) is 7.96. The summed E-state index contributed by atoms with van der Waals surface area (Å²) in [6.45, 7) is 1.48. The molecular weight excluding hydrogens is 418 g/mol. The van der Waals surface area contributed by atoms with Gasteiger partial charge in [0, 0.05) is 15.6 Å². The lowest BCUT2D eigenvalue weighted by Gasteiger charge is -2.14. The molecule has 3 N–H and O–H groups in total. The fraction of sp³-hybridized carbons (Fsp3) is 0.231. The molecule has 0 aromatic heterocycles. The molecule has 0 fully saturated rings. The molecule has 0 aliphatic rings.